The number of anilines is 2. The highest BCUT2D eigenvalue weighted by Crippen LogP contribution is 2.20. The van der Waals surface area contributed by atoms with Gasteiger partial charge in [-0.25, -0.2) is 9.78 Å². The molecule has 0 saturated carbocycles. The molecule has 2 amide bonds. The number of nitrogens with zero attached hydrogens (tertiary/aromatic N) is 1. The number of hydrogen-bond acceptors (Lipinski definition) is 5. The Hall–Kier alpha value is -3.61. The van der Waals surface area contributed by atoms with Crippen LogP contribution >= 0.6 is 0 Å². The van der Waals surface area contributed by atoms with E-state index in [1.165, 1.54) is 7.11 Å². The van der Waals surface area contributed by atoms with Crippen molar-refractivity contribution in [2.24, 2.45) is 0 Å². The fourth-order valence-electron chi connectivity index (χ4n) is 2.59. The number of ether oxygens (including phenoxy) is 1. The summed E-state index contributed by atoms with van der Waals surface area (Å²) in [6, 6.07) is 16.6. The van der Waals surface area contributed by atoms with Gasteiger partial charge in [-0.1, -0.05) is 30.3 Å². The molecule has 28 heavy (non-hydrogen) atoms. The lowest BCUT2D eigenvalue weighted by atomic mass is 10.2. The first-order chi connectivity index (χ1) is 13.6. The summed E-state index contributed by atoms with van der Waals surface area (Å²) in [7, 11) is 1.30. The van der Waals surface area contributed by atoms with Crippen LogP contribution < -0.4 is 10.6 Å². The molecule has 0 bridgehead atoms. The maximum atomic E-state index is 12.1. The van der Waals surface area contributed by atoms with E-state index in [1.54, 1.807) is 30.5 Å². The molecule has 7 heteroatoms. The molecule has 1 heterocycles. The number of aryl methyl sites for hydroxylation is 1. The van der Waals surface area contributed by atoms with Gasteiger partial charge in [0.15, 0.2) is 11.7 Å². The molecular formula is C21H21N3O4. The van der Waals surface area contributed by atoms with Crippen molar-refractivity contribution in [2.45, 2.75) is 19.3 Å². The van der Waals surface area contributed by atoms with Crippen LogP contribution in [0.3, 0.4) is 0 Å². The van der Waals surface area contributed by atoms with Gasteiger partial charge in [-0.3, -0.25) is 10.1 Å². The summed E-state index contributed by atoms with van der Waals surface area (Å²) in [6.45, 7) is 0. The zero-order valence-corrected chi connectivity index (χ0v) is 15.5. The van der Waals surface area contributed by atoms with Crippen molar-refractivity contribution in [1.29, 1.82) is 0 Å². The molecule has 0 aliphatic rings. The molecule has 7 nitrogen and oxygen atoms in total. The van der Waals surface area contributed by atoms with Crippen molar-refractivity contribution >= 4 is 23.4 Å². The Bertz CT molecular complexity index is 920. The highest BCUT2D eigenvalue weighted by atomic mass is 16.5. The molecule has 1 aromatic heterocycles. The Balaban J connectivity index is 1.43. The number of aromatic nitrogens is 1. The van der Waals surface area contributed by atoms with Gasteiger partial charge in [0.2, 0.25) is 5.91 Å². The van der Waals surface area contributed by atoms with E-state index >= 15 is 0 Å². The number of benzene rings is 2. The van der Waals surface area contributed by atoms with Gasteiger partial charge >= 0.3 is 6.09 Å². The molecule has 0 spiro atoms. The normalized spacial score (nSPS) is 10.3. The van der Waals surface area contributed by atoms with Gasteiger partial charge in [-0.15, -0.1) is 0 Å². The molecule has 144 valence electrons. The zero-order chi connectivity index (χ0) is 19.8. The highest BCUT2D eigenvalue weighted by molar-refractivity contribution is 5.91. The summed E-state index contributed by atoms with van der Waals surface area (Å²) in [4.78, 5) is 27.5. The van der Waals surface area contributed by atoms with Crippen molar-refractivity contribution in [3.8, 4) is 11.3 Å². The molecule has 3 rings (SSSR count). The van der Waals surface area contributed by atoms with Crippen LogP contribution in [0.15, 0.2) is 65.2 Å². The van der Waals surface area contributed by atoms with E-state index in [0.717, 1.165) is 11.3 Å². The number of oxazole rings is 1. The third-order valence-electron chi connectivity index (χ3n) is 4.01. The first-order valence-electron chi connectivity index (χ1n) is 8.89. The maximum absolute atomic E-state index is 12.1. The van der Waals surface area contributed by atoms with E-state index in [9.17, 15) is 9.59 Å². The Morgan fingerprint density at radius 2 is 1.68 bits per heavy atom. The zero-order valence-electron chi connectivity index (χ0n) is 15.5. The van der Waals surface area contributed by atoms with Gasteiger partial charge in [-0.05, 0) is 30.7 Å². The smallest absolute Gasteiger partial charge is 0.411 e. The number of carbonyl (C=O) groups is 2. The van der Waals surface area contributed by atoms with Gasteiger partial charge in [0.1, 0.15) is 0 Å². The minimum Gasteiger partial charge on any atom is -0.453 e. The number of methoxy groups -OCH3 is 1. The van der Waals surface area contributed by atoms with Crippen molar-refractivity contribution < 1.29 is 18.7 Å². The molecule has 2 aromatic carbocycles. The van der Waals surface area contributed by atoms with E-state index in [-0.39, 0.29) is 5.91 Å². The number of amides is 2. The van der Waals surface area contributed by atoms with Gasteiger partial charge < -0.3 is 14.5 Å². The fraction of sp³-hybridized carbons (Fsp3) is 0.190. The van der Waals surface area contributed by atoms with Crippen LogP contribution in [0.2, 0.25) is 0 Å². The molecule has 0 radical (unpaired) electrons. The maximum Gasteiger partial charge on any atom is 0.411 e. The second kappa shape index (κ2) is 9.36. The van der Waals surface area contributed by atoms with Crippen LogP contribution in [0.5, 0.6) is 0 Å². The summed E-state index contributed by atoms with van der Waals surface area (Å²) >= 11 is 0. The van der Waals surface area contributed by atoms with Crippen LogP contribution in [0, 0.1) is 0 Å². The van der Waals surface area contributed by atoms with Gasteiger partial charge in [0.05, 0.1) is 13.3 Å². The SMILES string of the molecule is COC(=O)Nc1ccc(NC(=O)CCCc2ncc(-c3ccccc3)o2)cc1. The minimum atomic E-state index is -0.543. The third kappa shape index (κ3) is 5.44. The predicted octanol–water partition coefficient (Wildman–Crippen LogP) is 4.48. The van der Waals surface area contributed by atoms with Crippen molar-refractivity contribution in [1.82, 2.24) is 4.98 Å². The van der Waals surface area contributed by atoms with E-state index in [0.29, 0.717) is 36.5 Å². The summed E-state index contributed by atoms with van der Waals surface area (Å²) in [5.41, 5.74) is 2.22. The minimum absolute atomic E-state index is 0.0940. The number of nitrogens with one attached hydrogen (secondary N) is 2. The molecule has 0 saturated heterocycles. The predicted molar refractivity (Wildman–Crippen MR) is 106 cm³/mol. The fourth-order valence-corrected chi connectivity index (χ4v) is 2.59. The quantitative estimate of drug-likeness (QED) is 0.631. The van der Waals surface area contributed by atoms with Crippen LogP contribution in [0.1, 0.15) is 18.7 Å². The molecule has 0 aliphatic heterocycles. The second-order valence-electron chi connectivity index (χ2n) is 6.08. The lowest BCUT2D eigenvalue weighted by Gasteiger charge is -2.07. The molecular weight excluding hydrogens is 358 g/mol. The lowest BCUT2D eigenvalue weighted by molar-refractivity contribution is -0.116. The Morgan fingerprint density at radius 3 is 2.36 bits per heavy atom. The Kier molecular flexibility index (Phi) is 6.41. The van der Waals surface area contributed by atoms with E-state index in [2.05, 4.69) is 20.4 Å². The van der Waals surface area contributed by atoms with Crippen LogP contribution in [-0.2, 0) is 16.0 Å². The topological polar surface area (TPSA) is 93.5 Å². The number of hydrogen-bond donors (Lipinski definition) is 2. The van der Waals surface area contributed by atoms with E-state index in [1.807, 2.05) is 30.3 Å². The average Bonchev–Trinajstić information content (AvgIpc) is 3.19. The molecule has 2 N–H and O–H groups in total. The van der Waals surface area contributed by atoms with E-state index in [4.69, 9.17) is 4.42 Å². The lowest BCUT2D eigenvalue weighted by Crippen LogP contribution is -2.12. The highest BCUT2D eigenvalue weighted by Gasteiger charge is 2.08. The number of rotatable bonds is 7. The van der Waals surface area contributed by atoms with Crippen LogP contribution in [0.25, 0.3) is 11.3 Å². The second-order valence-corrected chi connectivity index (χ2v) is 6.08. The third-order valence-corrected chi connectivity index (χ3v) is 4.01. The van der Waals surface area contributed by atoms with Gasteiger partial charge in [-0.2, -0.15) is 0 Å². The van der Waals surface area contributed by atoms with Gasteiger partial charge in [0, 0.05) is 29.8 Å². The summed E-state index contributed by atoms with van der Waals surface area (Å²) in [5.74, 6) is 1.24. The largest absolute Gasteiger partial charge is 0.453 e. The van der Waals surface area contributed by atoms with E-state index < -0.39 is 6.09 Å². The van der Waals surface area contributed by atoms with Crippen molar-refractivity contribution in [3.63, 3.8) is 0 Å². The summed E-state index contributed by atoms with van der Waals surface area (Å²) < 4.78 is 10.3. The first kappa shape index (κ1) is 19.2. The molecule has 0 unspecified atom stereocenters. The Labute approximate surface area is 162 Å². The first-order valence-corrected chi connectivity index (χ1v) is 8.89. The van der Waals surface area contributed by atoms with Crippen molar-refractivity contribution in [2.75, 3.05) is 17.7 Å². The molecule has 0 aliphatic carbocycles. The average molecular weight is 379 g/mol. The number of carbonyl (C=O) groups excluding carboxylic acids is 2. The monoisotopic (exact) mass is 379 g/mol. The van der Waals surface area contributed by atoms with Crippen LogP contribution in [0.4, 0.5) is 16.2 Å². The summed E-state index contributed by atoms with van der Waals surface area (Å²) in [5, 5.41) is 5.37. The molecule has 0 atom stereocenters. The summed E-state index contributed by atoms with van der Waals surface area (Å²) in [6.07, 6.45) is 2.73. The standard InChI is InChI=1S/C21H21N3O4/c1-27-21(26)24-17-12-10-16(11-13-17)23-19(25)8-5-9-20-22-14-18(28-20)15-6-3-2-4-7-15/h2-4,6-7,10-14H,5,8-9H2,1H3,(H,23,25)(H,24,26). The van der Waals surface area contributed by atoms with Crippen molar-refractivity contribution in [3.05, 3.63) is 66.7 Å². The molecule has 3 aromatic rings. The molecule has 0 fully saturated rings. The Morgan fingerprint density at radius 1 is 1.00 bits per heavy atom. The van der Waals surface area contributed by atoms with Gasteiger partial charge in [0.25, 0.3) is 0 Å². The van der Waals surface area contributed by atoms with Crippen LogP contribution in [-0.4, -0.2) is 24.1 Å².